The third-order valence-corrected chi connectivity index (χ3v) is 2.14. The fourth-order valence-electron chi connectivity index (χ4n) is 1.49. The summed E-state index contributed by atoms with van der Waals surface area (Å²) in [5, 5.41) is 10.0. The number of aromatic hydroxyl groups is 1. The van der Waals surface area contributed by atoms with Crippen molar-refractivity contribution in [2.24, 2.45) is 0 Å². The molecule has 0 saturated heterocycles. The minimum Gasteiger partial charge on any atom is -0.508 e. The van der Waals surface area contributed by atoms with E-state index in [2.05, 4.69) is 4.98 Å². The molecule has 0 fully saturated rings. The third-order valence-electron chi connectivity index (χ3n) is 2.14. The van der Waals surface area contributed by atoms with Crippen LogP contribution in [0.3, 0.4) is 0 Å². The van der Waals surface area contributed by atoms with Crippen LogP contribution in [0, 0.1) is 6.92 Å². The minimum atomic E-state index is 0.200. The van der Waals surface area contributed by atoms with Crippen molar-refractivity contribution in [3.05, 3.63) is 29.5 Å². The highest BCUT2D eigenvalue weighted by molar-refractivity contribution is 5.99. The highest BCUT2D eigenvalue weighted by atomic mass is 16.3. The molecule has 0 atom stereocenters. The second-order valence-corrected chi connectivity index (χ2v) is 3.01. The van der Waals surface area contributed by atoms with Gasteiger partial charge in [0.15, 0.2) is 6.29 Å². The number of nitrogens with one attached hydrogen (secondary N) is 1. The molecule has 0 aliphatic carbocycles. The predicted octanol–water partition coefficient (Wildman–Crippen LogP) is 1.99. The number of aromatic amines is 1. The molecule has 2 rings (SSSR count). The van der Waals surface area contributed by atoms with Crippen LogP contribution >= 0.6 is 0 Å². The second kappa shape index (κ2) is 2.62. The number of aldehydes is 1. The van der Waals surface area contributed by atoms with Gasteiger partial charge in [-0.2, -0.15) is 0 Å². The Kier molecular flexibility index (Phi) is 1.59. The topological polar surface area (TPSA) is 53.1 Å². The first kappa shape index (κ1) is 7.86. The third kappa shape index (κ3) is 1.09. The van der Waals surface area contributed by atoms with Crippen LogP contribution in [-0.4, -0.2) is 16.4 Å². The van der Waals surface area contributed by atoms with Gasteiger partial charge in [-0.1, -0.05) is 0 Å². The Morgan fingerprint density at radius 2 is 2.23 bits per heavy atom. The number of carbonyl (C=O) groups is 1. The van der Waals surface area contributed by atoms with Gasteiger partial charge < -0.3 is 10.1 Å². The average molecular weight is 175 g/mol. The Balaban J connectivity index is 2.86. The largest absolute Gasteiger partial charge is 0.508 e. The Morgan fingerprint density at radius 3 is 2.92 bits per heavy atom. The number of hydrogen-bond acceptors (Lipinski definition) is 2. The maximum absolute atomic E-state index is 10.7. The zero-order chi connectivity index (χ0) is 9.42. The zero-order valence-corrected chi connectivity index (χ0v) is 7.16. The van der Waals surface area contributed by atoms with E-state index >= 15 is 0 Å². The lowest BCUT2D eigenvalue weighted by molar-refractivity contribution is 0.112. The van der Waals surface area contributed by atoms with E-state index in [9.17, 15) is 9.90 Å². The molecule has 13 heavy (non-hydrogen) atoms. The van der Waals surface area contributed by atoms with Crippen molar-refractivity contribution >= 4 is 17.2 Å². The number of hydrogen-bond donors (Lipinski definition) is 2. The molecule has 2 aromatic rings. The van der Waals surface area contributed by atoms with Crippen molar-refractivity contribution in [1.82, 2.24) is 4.98 Å². The molecule has 1 aromatic carbocycles. The van der Waals surface area contributed by atoms with Gasteiger partial charge in [-0.25, -0.2) is 0 Å². The van der Waals surface area contributed by atoms with E-state index in [1.165, 1.54) is 0 Å². The van der Waals surface area contributed by atoms with Crippen LogP contribution in [-0.2, 0) is 0 Å². The van der Waals surface area contributed by atoms with Crippen molar-refractivity contribution in [3.8, 4) is 5.75 Å². The van der Waals surface area contributed by atoms with E-state index in [1.807, 2.05) is 6.92 Å². The Bertz CT molecular complexity index is 471. The monoisotopic (exact) mass is 175 g/mol. The van der Waals surface area contributed by atoms with Crippen molar-refractivity contribution in [3.63, 3.8) is 0 Å². The van der Waals surface area contributed by atoms with Crippen molar-refractivity contribution in [1.29, 1.82) is 0 Å². The van der Waals surface area contributed by atoms with E-state index in [0.717, 1.165) is 22.9 Å². The summed E-state index contributed by atoms with van der Waals surface area (Å²) in [5.74, 6) is 0.200. The van der Waals surface area contributed by atoms with Gasteiger partial charge in [0.2, 0.25) is 0 Å². The standard InChI is InChI=1S/C10H9NO2/c1-6-9(5-12)8-3-2-7(13)4-10(8)11-6/h2-5,11,13H,1H3. The lowest BCUT2D eigenvalue weighted by Gasteiger charge is -1.91. The molecule has 0 saturated carbocycles. The number of phenols is 1. The Morgan fingerprint density at radius 1 is 1.46 bits per heavy atom. The van der Waals surface area contributed by atoms with Crippen molar-refractivity contribution in [2.45, 2.75) is 6.92 Å². The molecule has 1 aromatic heterocycles. The number of aryl methyl sites for hydroxylation is 1. The number of fused-ring (bicyclic) bond motifs is 1. The number of benzene rings is 1. The summed E-state index contributed by atoms with van der Waals surface area (Å²) in [6.45, 7) is 1.83. The van der Waals surface area contributed by atoms with Gasteiger partial charge in [-0.15, -0.1) is 0 Å². The van der Waals surface area contributed by atoms with Gasteiger partial charge >= 0.3 is 0 Å². The number of aromatic nitrogens is 1. The number of H-pyrrole nitrogens is 1. The van der Waals surface area contributed by atoms with Gasteiger partial charge in [0, 0.05) is 22.7 Å². The quantitative estimate of drug-likeness (QED) is 0.651. The number of phenolic OH excluding ortho intramolecular Hbond substituents is 1. The molecule has 0 amide bonds. The highest BCUT2D eigenvalue weighted by Crippen LogP contribution is 2.23. The molecule has 0 radical (unpaired) electrons. The smallest absolute Gasteiger partial charge is 0.152 e. The van der Waals surface area contributed by atoms with Crippen LogP contribution < -0.4 is 0 Å². The first-order chi connectivity index (χ1) is 6.22. The summed E-state index contributed by atoms with van der Waals surface area (Å²) >= 11 is 0. The van der Waals surface area contributed by atoms with Crippen LogP contribution in [0.4, 0.5) is 0 Å². The van der Waals surface area contributed by atoms with E-state index < -0.39 is 0 Å². The molecule has 3 heteroatoms. The van der Waals surface area contributed by atoms with E-state index in [-0.39, 0.29) is 5.75 Å². The molecule has 2 N–H and O–H groups in total. The number of carbonyl (C=O) groups excluding carboxylic acids is 1. The summed E-state index contributed by atoms with van der Waals surface area (Å²) in [6.07, 6.45) is 0.825. The molecule has 3 nitrogen and oxygen atoms in total. The second-order valence-electron chi connectivity index (χ2n) is 3.01. The average Bonchev–Trinajstić information content (AvgIpc) is 2.39. The highest BCUT2D eigenvalue weighted by Gasteiger charge is 2.06. The fourth-order valence-corrected chi connectivity index (χ4v) is 1.49. The van der Waals surface area contributed by atoms with E-state index in [4.69, 9.17) is 0 Å². The molecule has 0 bridgehead atoms. The van der Waals surface area contributed by atoms with Crippen molar-refractivity contribution in [2.75, 3.05) is 0 Å². The fraction of sp³-hybridized carbons (Fsp3) is 0.100. The first-order valence-corrected chi connectivity index (χ1v) is 3.99. The van der Waals surface area contributed by atoms with Crippen LogP contribution in [0.25, 0.3) is 10.9 Å². The lowest BCUT2D eigenvalue weighted by Crippen LogP contribution is -1.79. The summed E-state index contributed by atoms with van der Waals surface area (Å²) in [6, 6.07) is 4.91. The van der Waals surface area contributed by atoms with Crippen LogP contribution in [0.5, 0.6) is 5.75 Å². The molecular formula is C10H9NO2. The summed E-state index contributed by atoms with van der Waals surface area (Å²) in [7, 11) is 0. The maximum atomic E-state index is 10.7. The Labute approximate surface area is 75.0 Å². The Hall–Kier alpha value is -1.77. The van der Waals surface area contributed by atoms with Gasteiger partial charge in [-0.3, -0.25) is 4.79 Å². The van der Waals surface area contributed by atoms with E-state index in [1.54, 1.807) is 18.2 Å². The van der Waals surface area contributed by atoms with Crippen LogP contribution in [0.2, 0.25) is 0 Å². The predicted molar refractivity (Wildman–Crippen MR) is 50.1 cm³/mol. The molecule has 0 aliphatic heterocycles. The molecule has 66 valence electrons. The molecular weight excluding hydrogens is 166 g/mol. The molecule has 0 aliphatic rings. The SMILES string of the molecule is Cc1[nH]c2cc(O)ccc2c1C=O. The van der Waals surface area contributed by atoms with Gasteiger partial charge in [0.25, 0.3) is 0 Å². The lowest BCUT2D eigenvalue weighted by atomic mass is 10.1. The number of rotatable bonds is 1. The van der Waals surface area contributed by atoms with Gasteiger partial charge in [-0.05, 0) is 19.1 Å². The van der Waals surface area contributed by atoms with E-state index in [0.29, 0.717) is 5.56 Å². The summed E-state index contributed by atoms with van der Waals surface area (Å²) in [4.78, 5) is 13.7. The molecule has 0 unspecified atom stereocenters. The van der Waals surface area contributed by atoms with Gasteiger partial charge in [0.1, 0.15) is 5.75 Å². The summed E-state index contributed by atoms with van der Waals surface area (Å²) in [5.41, 5.74) is 2.28. The minimum absolute atomic E-state index is 0.200. The molecule has 0 spiro atoms. The maximum Gasteiger partial charge on any atom is 0.152 e. The zero-order valence-electron chi connectivity index (χ0n) is 7.16. The van der Waals surface area contributed by atoms with Crippen LogP contribution in [0.15, 0.2) is 18.2 Å². The summed E-state index contributed by atoms with van der Waals surface area (Å²) < 4.78 is 0. The van der Waals surface area contributed by atoms with Gasteiger partial charge in [0.05, 0.1) is 5.52 Å². The first-order valence-electron chi connectivity index (χ1n) is 3.99. The normalized spacial score (nSPS) is 10.5. The van der Waals surface area contributed by atoms with Crippen LogP contribution in [0.1, 0.15) is 16.1 Å². The molecule has 1 heterocycles. The van der Waals surface area contributed by atoms with Crippen molar-refractivity contribution < 1.29 is 9.90 Å².